The van der Waals surface area contributed by atoms with E-state index in [0.717, 1.165) is 6.42 Å². The number of aliphatic hydroxyl groups is 3. The predicted molar refractivity (Wildman–Crippen MR) is 139 cm³/mol. The molecule has 1 saturated heterocycles. The maximum atomic E-state index is 15.9. The molecule has 1 fully saturated rings. The van der Waals surface area contributed by atoms with Crippen molar-refractivity contribution in [3.05, 3.63) is 51.2 Å². The zero-order chi connectivity index (χ0) is 29.3. The van der Waals surface area contributed by atoms with E-state index >= 15 is 4.39 Å². The smallest absolute Gasteiger partial charge is 0.255 e. The van der Waals surface area contributed by atoms with Crippen LogP contribution in [0, 0.1) is 23.6 Å². The number of phenolic OH excluding ortho intramolecular Hbond substituents is 1. The number of likely N-dealkylation sites (N-methyl/N-ethyl adjacent to an activating group) is 1. The molecular formula is C28H34FN3O8. The number of rotatable bonds is 6. The monoisotopic (exact) mass is 559 g/mol. The highest BCUT2D eigenvalue weighted by Crippen LogP contribution is 2.52. The lowest BCUT2D eigenvalue weighted by molar-refractivity contribution is -0.148. The summed E-state index contributed by atoms with van der Waals surface area (Å²) in [5.74, 6) is -7.95. The van der Waals surface area contributed by atoms with Crippen molar-refractivity contribution < 1.29 is 43.9 Å². The Morgan fingerprint density at radius 1 is 1.23 bits per heavy atom. The Morgan fingerprint density at radius 3 is 2.52 bits per heavy atom. The van der Waals surface area contributed by atoms with Crippen LogP contribution in [0.4, 0.5) is 4.39 Å². The van der Waals surface area contributed by atoms with Gasteiger partial charge in [-0.3, -0.25) is 19.3 Å². The summed E-state index contributed by atoms with van der Waals surface area (Å²) in [6.07, 6.45) is 0.715. The second kappa shape index (κ2) is 9.95. The fourth-order valence-electron chi connectivity index (χ4n) is 6.99. The molecule has 5 atom stereocenters. The predicted octanol–water partition coefficient (Wildman–Crippen LogP) is 0.728. The molecule has 1 amide bonds. The number of fused-ring (bicyclic) bond motifs is 3. The molecule has 6 N–H and O–H groups in total. The Kier molecular flexibility index (Phi) is 7.02. The molecule has 5 rings (SSSR count). The second-order valence-corrected chi connectivity index (χ2v) is 11.6. The quantitative estimate of drug-likeness (QED) is 0.313. The topological polar surface area (TPSA) is 174 Å². The number of aliphatic hydroxyl groups excluding tert-OH is 2. The number of carbonyl (C=O) groups is 3. The van der Waals surface area contributed by atoms with Gasteiger partial charge < -0.3 is 35.8 Å². The van der Waals surface area contributed by atoms with Gasteiger partial charge in [0.1, 0.15) is 28.7 Å². The summed E-state index contributed by atoms with van der Waals surface area (Å²) in [5.41, 5.74) is 1.27. The number of benzene rings is 1. The molecule has 0 aromatic heterocycles. The minimum Gasteiger partial charge on any atom is -0.510 e. The minimum atomic E-state index is -2.73. The van der Waals surface area contributed by atoms with Crippen molar-refractivity contribution in [1.29, 1.82) is 0 Å². The van der Waals surface area contributed by atoms with Crippen molar-refractivity contribution in [2.45, 2.75) is 37.5 Å². The van der Waals surface area contributed by atoms with Crippen LogP contribution in [0.25, 0.3) is 0 Å². The standard InChI is InChI=1S/C28H34FN3O8/c1-31(2)22-16-7-13-6-15-19(17(33)8-14(21(15)29)10-32(3)9-12-4-5-40-11-12)23(34)18(13)25(36)28(16,39)26(37)20(24(22)35)27(30)38/h8,12-13,16,22,33,35-36,39H,4-7,9-11H2,1-3H3,(H2,30,38)/t12?,13-,16-,22-,28-/m0/s1. The first-order valence-corrected chi connectivity index (χ1v) is 13.2. The average molecular weight is 560 g/mol. The van der Waals surface area contributed by atoms with Gasteiger partial charge in [-0.2, -0.15) is 0 Å². The number of nitrogens with zero attached hydrogens (tertiary/aromatic N) is 2. The lowest BCUT2D eigenvalue weighted by Crippen LogP contribution is -2.63. The van der Waals surface area contributed by atoms with Crippen LogP contribution < -0.4 is 5.73 Å². The van der Waals surface area contributed by atoms with Crippen LogP contribution in [0.2, 0.25) is 0 Å². The van der Waals surface area contributed by atoms with E-state index in [9.17, 15) is 34.8 Å². The number of hydrogen-bond donors (Lipinski definition) is 5. The molecule has 11 nitrogen and oxygen atoms in total. The Morgan fingerprint density at radius 2 is 1.93 bits per heavy atom. The summed E-state index contributed by atoms with van der Waals surface area (Å²) in [5, 5.41) is 44.6. The third-order valence-corrected chi connectivity index (χ3v) is 8.76. The maximum absolute atomic E-state index is 15.9. The molecule has 1 heterocycles. The van der Waals surface area contributed by atoms with E-state index < -0.39 is 69.6 Å². The van der Waals surface area contributed by atoms with Crippen molar-refractivity contribution >= 4 is 17.5 Å². The number of hydrogen-bond acceptors (Lipinski definition) is 10. The van der Waals surface area contributed by atoms with Crippen LogP contribution >= 0.6 is 0 Å². The van der Waals surface area contributed by atoms with Crippen LogP contribution in [0.5, 0.6) is 5.75 Å². The number of amides is 1. The second-order valence-electron chi connectivity index (χ2n) is 11.6. The molecule has 0 bridgehead atoms. The number of allylic oxidation sites excluding steroid dienone is 1. The van der Waals surface area contributed by atoms with Gasteiger partial charge in [0.2, 0.25) is 5.78 Å². The summed E-state index contributed by atoms with van der Waals surface area (Å²) >= 11 is 0. The number of carbonyl (C=O) groups excluding carboxylic acids is 3. The summed E-state index contributed by atoms with van der Waals surface area (Å²) in [6, 6.07) is 0.0782. The number of ketones is 2. The average Bonchev–Trinajstić information content (AvgIpc) is 3.36. The summed E-state index contributed by atoms with van der Waals surface area (Å²) in [6.45, 7) is 2.17. The van der Waals surface area contributed by atoms with Gasteiger partial charge in [-0.15, -0.1) is 0 Å². The van der Waals surface area contributed by atoms with E-state index in [4.69, 9.17) is 10.5 Å². The molecule has 0 spiro atoms. The minimum absolute atomic E-state index is 0.00859. The van der Waals surface area contributed by atoms with Gasteiger partial charge in [0.15, 0.2) is 11.4 Å². The molecule has 1 unspecified atom stereocenters. The molecule has 216 valence electrons. The van der Waals surface area contributed by atoms with Crippen molar-refractivity contribution in [3.8, 4) is 5.75 Å². The third-order valence-electron chi connectivity index (χ3n) is 8.76. The van der Waals surface area contributed by atoms with E-state index in [-0.39, 0.29) is 41.6 Å². The third kappa shape index (κ3) is 4.12. The number of halogens is 1. The Bertz CT molecular complexity index is 1370. The van der Waals surface area contributed by atoms with Crippen molar-refractivity contribution in [2.24, 2.45) is 23.5 Å². The lowest BCUT2D eigenvalue weighted by atomic mass is 9.58. The highest BCUT2D eigenvalue weighted by atomic mass is 19.1. The van der Waals surface area contributed by atoms with Crippen LogP contribution in [0.3, 0.4) is 0 Å². The number of phenols is 1. The SMILES string of the molecule is CN(Cc1cc(O)c2c(c1F)C[C@H]1C[C@H]3[C@H](N(C)C)C(O)=C(C(N)=O)C(=O)[C@@]3(O)C(O)=C1C2=O)CC1CCOC1. The highest BCUT2D eigenvalue weighted by Gasteiger charge is 2.63. The molecule has 3 aliphatic carbocycles. The van der Waals surface area contributed by atoms with E-state index in [1.807, 2.05) is 11.9 Å². The van der Waals surface area contributed by atoms with Gasteiger partial charge in [0.05, 0.1) is 18.2 Å². The number of nitrogens with two attached hydrogens (primary N) is 1. The fraction of sp³-hybridized carbons (Fsp3) is 0.536. The molecule has 4 aliphatic rings. The first kappa shape index (κ1) is 28.2. The summed E-state index contributed by atoms with van der Waals surface area (Å²) in [4.78, 5) is 42.4. The zero-order valence-corrected chi connectivity index (χ0v) is 22.6. The summed E-state index contributed by atoms with van der Waals surface area (Å²) < 4.78 is 21.3. The van der Waals surface area contributed by atoms with Gasteiger partial charge in [-0.1, -0.05) is 0 Å². The van der Waals surface area contributed by atoms with Crippen molar-refractivity contribution in [2.75, 3.05) is 40.9 Å². The van der Waals surface area contributed by atoms with E-state index in [1.54, 1.807) is 14.1 Å². The lowest BCUT2D eigenvalue weighted by Gasteiger charge is -2.50. The summed E-state index contributed by atoms with van der Waals surface area (Å²) in [7, 11) is 4.93. The number of aromatic hydroxyl groups is 1. The maximum Gasteiger partial charge on any atom is 0.255 e. The first-order chi connectivity index (χ1) is 18.8. The molecular weight excluding hydrogens is 525 g/mol. The van der Waals surface area contributed by atoms with Gasteiger partial charge in [0.25, 0.3) is 5.91 Å². The van der Waals surface area contributed by atoms with Crippen LogP contribution in [0.15, 0.2) is 28.7 Å². The van der Waals surface area contributed by atoms with Crippen LogP contribution in [-0.2, 0) is 27.3 Å². The first-order valence-electron chi connectivity index (χ1n) is 13.2. The largest absolute Gasteiger partial charge is 0.510 e. The van der Waals surface area contributed by atoms with Crippen LogP contribution in [-0.4, -0.2) is 100 Å². The molecule has 1 aromatic carbocycles. The van der Waals surface area contributed by atoms with Crippen LogP contribution in [0.1, 0.15) is 34.3 Å². The Hall–Kier alpha value is -3.32. The molecule has 0 saturated carbocycles. The fourth-order valence-corrected chi connectivity index (χ4v) is 6.99. The van der Waals surface area contributed by atoms with Gasteiger partial charge >= 0.3 is 0 Å². The highest BCUT2D eigenvalue weighted by molar-refractivity contribution is 6.24. The van der Waals surface area contributed by atoms with Gasteiger partial charge in [-0.25, -0.2) is 4.39 Å². The molecule has 1 aliphatic heterocycles. The molecule has 1 aromatic rings. The van der Waals surface area contributed by atoms with Gasteiger partial charge in [-0.05, 0) is 58.3 Å². The van der Waals surface area contributed by atoms with E-state index in [2.05, 4.69) is 0 Å². The molecule has 40 heavy (non-hydrogen) atoms. The van der Waals surface area contributed by atoms with Crippen molar-refractivity contribution in [1.82, 2.24) is 9.80 Å². The van der Waals surface area contributed by atoms with Crippen molar-refractivity contribution in [3.63, 3.8) is 0 Å². The van der Waals surface area contributed by atoms with E-state index in [0.29, 0.717) is 25.7 Å². The normalized spacial score (nSPS) is 30.2. The number of ether oxygens (including phenoxy) is 1. The number of primary amides is 1. The Labute approximate surface area is 230 Å². The molecule has 0 radical (unpaired) electrons. The number of Topliss-reactive ketones (excluding diaryl/α,β-unsaturated/α-hetero) is 2. The van der Waals surface area contributed by atoms with Gasteiger partial charge in [0, 0.05) is 42.3 Å². The zero-order valence-electron chi connectivity index (χ0n) is 22.6. The Balaban J connectivity index is 1.56. The van der Waals surface area contributed by atoms with E-state index in [1.165, 1.54) is 11.0 Å². The molecule has 12 heteroatoms.